The number of aromatic nitrogens is 1. The van der Waals surface area contributed by atoms with E-state index in [1.807, 2.05) is 12.1 Å². The van der Waals surface area contributed by atoms with E-state index in [1.165, 1.54) is 6.20 Å². The quantitative estimate of drug-likeness (QED) is 0.0812. The van der Waals surface area contributed by atoms with Gasteiger partial charge in [-0.1, -0.05) is 56.4 Å². The molecule has 0 saturated carbocycles. The van der Waals surface area contributed by atoms with Crippen molar-refractivity contribution in [3.05, 3.63) is 70.4 Å². The van der Waals surface area contributed by atoms with Crippen molar-refractivity contribution in [3.8, 4) is 5.75 Å². The molecule has 2 aromatic carbocycles. The summed E-state index contributed by atoms with van der Waals surface area (Å²) in [5, 5.41) is 21.4. The number of aromatic amines is 1. The van der Waals surface area contributed by atoms with E-state index in [-0.39, 0.29) is 81.9 Å². The Morgan fingerprint density at radius 2 is 1.51 bits per heavy atom. The van der Waals surface area contributed by atoms with Crippen molar-refractivity contribution < 1.29 is 92.8 Å². The summed E-state index contributed by atoms with van der Waals surface area (Å²) in [5.41, 5.74) is 2.01. The number of aliphatic carboxylic acids is 1. The minimum atomic E-state index is -4.73. The zero-order valence-electron chi connectivity index (χ0n) is 21.3. The number of nitrogens with zero attached hydrogens (tertiary/aromatic N) is 1. The molecule has 0 amide bonds. The standard InChI is InChI=1S/C16H23NO4.C8H8NO4P.2Na/c18-16(19)9-7-5-3-1-2-4-6-8-14-10-12-15(13-11-14)17(20)21;10-14(11,12)13-8-5-9-7-4-2-1-3-6(7)8;;/h10-13H,1-9H2,(H,18,19);1-5,9H,(H2,10,11,12);;/q;;2*+1/p-2. The maximum Gasteiger partial charge on any atom is 1.00 e. The van der Waals surface area contributed by atoms with Crippen LogP contribution < -0.4 is 73.6 Å². The Labute approximate surface area is 260 Å². The molecule has 0 aliphatic carbocycles. The molecule has 0 fully saturated rings. The summed E-state index contributed by atoms with van der Waals surface area (Å²) >= 11 is 0. The maximum absolute atomic E-state index is 10.5. The van der Waals surface area contributed by atoms with Gasteiger partial charge >= 0.3 is 66.9 Å². The summed E-state index contributed by atoms with van der Waals surface area (Å²) in [5.74, 6) is -0.862. The van der Waals surface area contributed by atoms with Crippen molar-refractivity contribution in [3.63, 3.8) is 0 Å². The Balaban J connectivity index is 0.000000707. The monoisotopic (exact) mass is 550 g/mol. The van der Waals surface area contributed by atoms with E-state index >= 15 is 0 Å². The SMILES string of the molecule is O=C([O-])CCCCCCCCCc1ccc([N+](=O)[O-])cc1.O=P([O-])(O)Oc1c[nH]c2ccccc12.[Na+].[Na+]. The molecule has 0 bridgehead atoms. The van der Waals surface area contributed by atoms with E-state index in [2.05, 4.69) is 9.51 Å². The number of nitro groups is 1. The third kappa shape index (κ3) is 15.1. The molecule has 1 aromatic heterocycles. The molecule has 1 unspecified atom stereocenters. The van der Waals surface area contributed by atoms with Crippen LogP contribution in [0.2, 0.25) is 0 Å². The number of nitro benzene ring substituents is 1. The van der Waals surface area contributed by atoms with Crippen LogP contribution in [0.25, 0.3) is 10.9 Å². The summed E-state index contributed by atoms with van der Waals surface area (Å²) < 4.78 is 14.9. The maximum atomic E-state index is 10.5. The number of H-pyrrole nitrogens is 1. The number of rotatable bonds is 13. The molecule has 0 aliphatic rings. The number of phosphoric ester groups is 1. The van der Waals surface area contributed by atoms with Crippen LogP contribution in [0.4, 0.5) is 5.69 Å². The van der Waals surface area contributed by atoms with Gasteiger partial charge in [-0.25, -0.2) is 0 Å². The molecule has 37 heavy (non-hydrogen) atoms. The summed E-state index contributed by atoms with van der Waals surface area (Å²) in [6.45, 7) is 0. The Morgan fingerprint density at radius 1 is 0.946 bits per heavy atom. The van der Waals surface area contributed by atoms with Crippen molar-refractivity contribution in [2.24, 2.45) is 0 Å². The first kappa shape index (κ1) is 35.8. The molecule has 1 heterocycles. The van der Waals surface area contributed by atoms with Gasteiger partial charge in [-0.2, -0.15) is 0 Å². The van der Waals surface area contributed by atoms with E-state index in [4.69, 9.17) is 4.89 Å². The molecule has 0 spiro atoms. The second-order valence-corrected chi connectivity index (χ2v) is 9.15. The number of nitrogens with one attached hydrogen (secondary N) is 1. The van der Waals surface area contributed by atoms with E-state index < -0.39 is 13.8 Å². The van der Waals surface area contributed by atoms with E-state index in [0.717, 1.165) is 56.0 Å². The second-order valence-electron chi connectivity index (χ2n) is 8.03. The van der Waals surface area contributed by atoms with Crippen molar-refractivity contribution in [2.75, 3.05) is 0 Å². The van der Waals surface area contributed by atoms with E-state index in [9.17, 15) is 29.5 Å². The third-order valence-electron chi connectivity index (χ3n) is 5.26. The number of para-hydroxylation sites is 1. The van der Waals surface area contributed by atoms with Crippen LogP contribution in [0.15, 0.2) is 54.7 Å². The van der Waals surface area contributed by atoms with Crippen molar-refractivity contribution in [1.82, 2.24) is 4.98 Å². The van der Waals surface area contributed by atoms with Gasteiger partial charge in [0.15, 0.2) is 5.75 Å². The molecular formula is C24H29N2Na2O8P. The number of benzene rings is 2. The van der Waals surface area contributed by atoms with Gasteiger partial charge in [-0.3, -0.25) is 14.7 Å². The van der Waals surface area contributed by atoms with Crippen LogP contribution in [0.5, 0.6) is 5.75 Å². The number of phosphoric acid groups is 1. The van der Waals surface area contributed by atoms with Crippen LogP contribution >= 0.6 is 7.82 Å². The molecule has 0 radical (unpaired) electrons. The fourth-order valence-corrected chi connectivity index (χ4v) is 3.91. The van der Waals surface area contributed by atoms with Crippen molar-refractivity contribution in [1.29, 1.82) is 0 Å². The number of unbranched alkanes of at least 4 members (excludes halogenated alkanes) is 6. The van der Waals surface area contributed by atoms with Crippen LogP contribution in [0.1, 0.15) is 56.9 Å². The third-order valence-corrected chi connectivity index (χ3v) is 5.69. The van der Waals surface area contributed by atoms with Gasteiger partial charge in [-0.05, 0) is 43.4 Å². The number of carbonyl (C=O) groups excluding carboxylic acids is 1. The fraction of sp³-hybridized carbons (Fsp3) is 0.375. The summed E-state index contributed by atoms with van der Waals surface area (Å²) in [6.07, 6.45) is 9.74. The number of carboxylic acids is 1. The summed E-state index contributed by atoms with van der Waals surface area (Å²) in [6, 6.07) is 13.7. The van der Waals surface area contributed by atoms with Gasteiger partial charge < -0.3 is 29.2 Å². The number of hydrogen-bond donors (Lipinski definition) is 2. The number of carboxylic acid groups (broad SMARTS) is 1. The predicted molar refractivity (Wildman–Crippen MR) is 127 cm³/mol. The van der Waals surface area contributed by atoms with Crippen LogP contribution in [0, 0.1) is 10.1 Å². The first-order chi connectivity index (χ1) is 16.7. The Morgan fingerprint density at radius 3 is 2.08 bits per heavy atom. The fourth-order valence-electron chi connectivity index (χ4n) is 3.51. The number of carbonyl (C=O) groups is 1. The molecule has 1 atom stereocenters. The zero-order valence-corrected chi connectivity index (χ0v) is 26.2. The molecule has 190 valence electrons. The van der Waals surface area contributed by atoms with Gasteiger partial charge in [0, 0.05) is 35.2 Å². The topological polar surface area (TPSA) is 169 Å². The van der Waals surface area contributed by atoms with Gasteiger partial charge in [0.25, 0.3) is 5.69 Å². The van der Waals surface area contributed by atoms with Gasteiger partial charge in [0.2, 0.25) is 0 Å². The van der Waals surface area contributed by atoms with E-state index in [0.29, 0.717) is 11.8 Å². The van der Waals surface area contributed by atoms with Gasteiger partial charge in [0.1, 0.15) is 0 Å². The van der Waals surface area contributed by atoms with Crippen LogP contribution in [0.3, 0.4) is 0 Å². The van der Waals surface area contributed by atoms with Gasteiger partial charge in [-0.15, -0.1) is 0 Å². The Hall–Kier alpha value is -1.20. The minimum absolute atomic E-state index is 0. The smallest absolute Gasteiger partial charge is 0.746 e. The molecule has 10 nitrogen and oxygen atoms in total. The predicted octanol–water partition coefficient (Wildman–Crippen LogP) is -1.98. The number of aryl methyl sites for hydroxylation is 1. The first-order valence-corrected chi connectivity index (χ1v) is 12.9. The van der Waals surface area contributed by atoms with Crippen LogP contribution in [-0.4, -0.2) is 20.8 Å². The molecular weight excluding hydrogens is 521 g/mol. The average molecular weight is 550 g/mol. The minimum Gasteiger partial charge on any atom is -0.746 e. The Kier molecular flexibility index (Phi) is 18.3. The Bertz CT molecular complexity index is 1140. The molecule has 0 aliphatic heterocycles. The zero-order chi connectivity index (χ0) is 25.7. The molecule has 3 aromatic rings. The number of hydrogen-bond acceptors (Lipinski definition) is 7. The molecule has 3 rings (SSSR count). The van der Waals surface area contributed by atoms with Gasteiger partial charge in [0.05, 0.1) is 4.92 Å². The second kappa shape index (κ2) is 19.0. The van der Waals surface area contributed by atoms with Crippen molar-refractivity contribution in [2.45, 2.75) is 57.8 Å². The van der Waals surface area contributed by atoms with Crippen molar-refractivity contribution >= 4 is 30.4 Å². The molecule has 2 N–H and O–H groups in total. The number of fused-ring (bicyclic) bond motifs is 1. The largest absolute Gasteiger partial charge is 1.00 e. The normalized spacial score (nSPS) is 11.7. The summed E-state index contributed by atoms with van der Waals surface area (Å²) in [4.78, 5) is 42.2. The van der Waals surface area contributed by atoms with Crippen LogP contribution in [-0.2, 0) is 15.8 Å². The number of non-ortho nitro benzene ring substituents is 1. The van der Waals surface area contributed by atoms with E-state index in [1.54, 1.807) is 36.4 Å². The summed E-state index contributed by atoms with van der Waals surface area (Å²) in [7, 11) is -4.73. The molecule has 13 heteroatoms. The average Bonchev–Trinajstić information content (AvgIpc) is 3.20. The molecule has 0 saturated heterocycles. The first-order valence-electron chi connectivity index (χ1n) is 11.4.